The monoisotopic (exact) mass is 346 g/mol. The summed E-state index contributed by atoms with van der Waals surface area (Å²) in [6.45, 7) is 7.26. The van der Waals surface area contributed by atoms with Crippen LogP contribution in [0, 0.1) is 0 Å². The molecule has 0 aliphatic rings. The molecule has 0 amide bonds. The lowest BCUT2D eigenvalue weighted by atomic mass is 10.1. The van der Waals surface area contributed by atoms with Gasteiger partial charge in [0.15, 0.2) is 6.29 Å². The fourth-order valence-corrected chi connectivity index (χ4v) is 4.53. The summed E-state index contributed by atoms with van der Waals surface area (Å²) in [7, 11) is 0.393. The van der Waals surface area contributed by atoms with E-state index in [4.69, 9.17) is 18.0 Å². The van der Waals surface area contributed by atoms with Gasteiger partial charge >= 0.3 is 14.8 Å². The lowest BCUT2D eigenvalue weighted by Crippen LogP contribution is -2.47. The zero-order chi connectivity index (χ0) is 17.6. The van der Waals surface area contributed by atoms with E-state index in [1.54, 1.807) is 21.1 Å². The molecule has 0 saturated heterocycles. The third-order valence-electron chi connectivity index (χ3n) is 3.75. The van der Waals surface area contributed by atoms with Crippen molar-refractivity contribution in [2.24, 2.45) is 0 Å². The smallest absolute Gasteiger partial charge is 0.434 e. The highest BCUT2D eigenvalue weighted by atomic mass is 28.4. The summed E-state index contributed by atoms with van der Waals surface area (Å²) < 4.78 is 21.8. The van der Waals surface area contributed by atoms with Gasteiger partial charge in [0.1, 0.15) is 0 Å². The molecule has 0 aromatic rings. The van der Waals surface area contributed by atoms with Gasteiger partial charge in [-0.05, 0) is 13.3 Å². The molecule has 0 saturated carbocycles. The number of esters is 1. The van der Waals surface area contributed by atoms with Crippen LogP contribution < -0.4 is 0 Å². The van der Waals surface area contributed by atoms with Crippen molar-refractivity contribution in [3.05, 3.63) is 12.7 Å². The Hall–Kier alpha value is -0.693. The number of ether oxygens (including phenoxy) is 1. The van der Waals surface area contributed by atoms with E-state index in [2.05, 4.69) is 13.5 Å². The minimum absolute atomic E-state index is 0.514. The Bertz CT molecular complexity index is 318. The summed E-state index contributed by atoms with van der Waals surface area (Å²) in [6, 6.07) is 0.727. The topological polar surface area (TPSA) is 54.0 Å². The van der Waals surface area contributed by atoms with Crippen molar-refractivity contribution in [1.82, 2.24) is 0 Å². The summed E-state index contributed by atoms with van der Waals surface area (Å²) >= 11 is 0. The van der Waals surface area contributed by atoms with E-state index in [9.17, 15) is 4.79 Å². The molecule has 6 heteroatoms. The van der Waals surface area contributed by atoms with Crippen molar-refractivity contribution in [3.63, 3.8) is 0 Å². The van der Waals surface area contributed by atoms with Gasteiger partial charge in [0.05, 0.1) is 0 Å². The maximum absolute atomic E-state index is 11.2. The standard InChI is InChI=1S/C17H34O5Si/c1-6-8-9-10-11-12-13-14-15-23(19-4,20-5)22-16(3)21-17(18)7-2/h7,16H,2,6,8-15H2,1,3-5H3. The van der Waals surface area contributed by atoms with Crippen LogP contribution >= 0.6 is 0 Å². The van der Waals surface area contributed by atoms with Crippen LogP contribution in [0.1, 0.15) is 65.2 Å². The van der Waals surface area contributed by atoms with E-state index < -0.39 is 21.1 Å². The van der Waals surface area contributed by atoms with Crippen molar-refractivity contribution in [1.29, 1.82) is 0 Å². The molecule has 0 aliphatic carbocycles. The van der Waals surface area contributed by atoms with Crippen molar-refractivity contribution in [3.8, 4) is 0 Å². The highest BCUT2D eigenvalue weighted by Crippen LogP contribution is 2.21. The fourth-order valence-electron chi connectivity index (χ4n) is 2.41. The predicted octanol–water partition coefficient (Wildman–Crippen LogP) is 4.45. The Morgan fingerprint density at radius 2 is 1.57 bits per heavy atom. The van der Waals surface area contributed by atoms with Crippen molar-refractivity contribution >= 4 is 14.8 Å². The van der Waals surface area contributed by atoms with Gasteiger partial charge in [-0.1, -0.05) is 58.4 Å². The van der Waals surface area contributed by atoms with Gasteiger partial charge in [-0.2, -0.15) is 0 Å². The van der Waals surface area contributed by atoms with Gasteiger partial charge in [-0.15, -0.1) is 0 Å². The summed E-state index contributed by atoms with van der Waals surface area (Å²) in [5, 5.41) is 0. The number of rotatable bonds is 15. The Morgan fingerprint density at radius 1 is 1.04 bits per heavy atom. The molecule has 1 unspecified atom stereocenters. The summed E-state index contributed by atoms with van der Waals surface area (Å²) in [5.74, 6) is -0.514. The molecule has 0 N–H and O–H groups in total. The molecule has 0 fully saturated rings. The average Bonchev–Trinajstić information content (AvgIpc) is 2.55. The molecule has 0 aliphatic heterocycles. The minimum Gasteiger partial charge on any atom is -0.434 e. The van der Waals surface area contributed by atoms with Gasteiger partial charge in [0.2, 0.25) is 0 Å². The van der Waals surface area contributed by atoms with Crippen LogP contribution in [-0.4, -0.2) is 35.3 Å². The van der Waals surface area contributed by atoms with Gasteiger partial charge in [-0.25, -0.2) is 4.79 Å². The molecule has 1 atom stereocenters. The van der Waals surface area contributed by atoms with Crippen LogP contribution in [0.5, 0.6) is 0 Å². The van der Waals surface area contributed by atoms with Gasteiger partial charge in [0.25, 0.3) is 0 Å². The van der Waals surface area contributed by atoms with E-state index in [0.29, 0.717) is 0 Å². The zero-order valence-corrected chi connectivity index (χ0v) is 16.3. The Balaban J connectivity index is 4.07. The van der Waals surface area contributed by atoms with Crippen LogP contribution in [0.2, 0.25) is 6.04 Å². The maximum Gasteiger partial charge on any atom is 0.503 e. The lowest BCUT2D eigenvalue weighted by molar-refractivity contribution is -0.160. The minimum atomic E-state index is -2.78. The molecule has 0 aromatic heterocycles. The highest BCUT2D eigenvalue weighted by molar-refractivity contribution is 6.60. The van der Waals surface area contributed by atoms with E-state index in [-0.39, 0.29) is 0 Å². The first-order valence-corrected chi connectivity index (χ1v) is 10.6. The number of carbonyl (C=O) groups excluding carboxylic acids is 1. The number of carbonyl (C=O) groups is 1. The molecular weight excluding hydrogens is 312 g/mol. The predicted molar refractivity (Wildman–Crippen MR) is 94.0 cm³/mol. The molecule has 0 aromatic carbocycles. The molecule has 0 rings (SSSR count). The first-order chi connectivity index (χ1) is 11.0. The van der Waals surface area contributed by atoms with Gasteiger partial charge in [0, 0.05) is 26.3 Å². The maximum atomic E-state index is 11.2. The molecule has 0 spiro atoms. The molecule has 5 nitrogen and oxygen atoms in total. The molecular formula is C17H34O5Si. The van der Waals surface area contributed by atoms with Gasteiger partial charge in [-0.3, -0.25) is 0 Å². The molecule has 0 bridgehead atoms. The molecule has 23 heavy (non-hydrogen) atoms. The number of hydrogen-bond donors (Lipinski definition) is 0. The van der Waals surface area contributed by atoms with Gasteiger partial charge < -0.3 is 18.0 Å². The largest absolute Gasteiger partial charge is 0.503 e. The van der Waals surface area contributed by atoms with Crippen LogP contribution in [0.25, 0.3) is 0 Å². The second-order valence-corrected chi connectivity index (χ2v) is 8.56. The quantitative estimate of drug-likeness (QED) is 0.144. The van der Waals surface area contributed by atoms with Crippen LogP contribution in [0.15, 0.2) is 12.7 Å². The second kappa shape index (κ2) is 13.7. The molecule has 136 valence electrons. The number of hydrogen-bond acceptors (Lipinski definition) is 5. The summed E-state index contributed by atoms with van der Waals surface area (Å²) in [4.78, 5) is 11.2. The van der Waals surface area contributed by atoms with E-state index in [0.717, 1.165) is 25.0 Å². The van der Waals surface area contributed by atoms with E-state index >= 15 is 0 Å². The number of unbranched alkanes of at least 4 members (excludes halogenated alkanes) is 7. The Morgan fingerprint density at radius 3 is 2.04 bits per heavy atom. The van der Waals surface area contributed by atoms with Crippen LogP contribution in [0.3, 0.4) is 0 Å². The first kappa shape index (κ1) is 22.3. The van der Waals surface area contributed by atoms with Crippen LogP contribution in [0.4, 0.5) is 0 Å². The molecule has 0 radical (unpaired) electrons. The third kappa shape index (κ3) is 10.7. The first-order valence-electron chi connectivity index (χ1n) is 8.64. The third-order valence-corrected chi connectivity index (χ3v) is 6.65. The van der Waals surface area contributed by atoms with Crippen molar-refractivity contribution in [2.75, 3.05) is 14.2 Å². The summed E-state index contributed by atoms with van der Waals surface area (Å²) in [5.41, 5.74) is 0. The normalized spacial score (nSPS) is 12.9. The van der Waals surface area contributed by atoms with E-state index in [1.807, 2.05) is 0 Å². The van der Waals surface area contributed by atoms with Crippen molar-refractivity contribution < 1.29 is 22.8 Å². The van der Waals surface area contributed by atoms with Crippen molar-refractivity contribution in [2.45, 2.75) is 77.5 Å². The zero-order valence-electron chi connectivity index (χ0n) is 15.3. The average molecular weight is 347 g/mol. The second-order valence-electron chi connectivity index (χ2n) is 5.64. The highest BCUT2D eigenvalue weighted by Gasteiger charge is 2.40. The fraction of sp³-hybridized carbons (Fsp3) is 0.824. The Kier molecular flexibility index (Phi) is 13.3. The molecule has 0 heterocycles. The Labute approximate surface area is 142 Å². The SMILES string of the molecule is C=CC(=O)OC(C)O[Si](CCCCCCCCCC)(OC)OC. The summed E-state index contributed by atoms with van der Waals surface area (Å²) in [6.07, 6.45) is 10.3. The van der Waals surface area contributed by atoms with Crippen LogP contribution in [-0.2, 0) is 22.8 Å². The lowest BCUT2D eigenvalue weighted by Gasteiger charge is -2.29. The van der Waals surface area contributed by atoms with E-state index in [1.165, 1.54) is 38.5 Å².